The summed E-state index contributed by atoms with van der Waals surface area (Å²) in [6.45, 7) is 0.311. The fraction of sp³-hybridized carbons (Fsp3) is 0.125. The zero-order valence-electron chi connectivity index (χ0n) is 17.6. The summed E-state index contributed by atoms with van der Waals surface area (Å²) in [6.07, 6.45) is -3.77. The molecule has 0 aliphatic rings. The summed E-state index contributed by atoms with van der Waals surface area (Å²) < 4.78 is 43.9. The number of halogens is 4. The number of benzene rings is 3. The van der Waals surface area contributed by atoms with Gasteiger partial charge < -0.3 is 10.1 Å². The highest BCUT2D eigenvalue weighted by atomic mass is 35.5. The molecule has 0 aliphatic carbocycles. The molecule has 2 N–H and O–H groups in total. The minimum absolute atomic E-state index is 0.0621. The van der Waals surface area contributed by atoms with Crippen LogP contribution in [0.2, 0.25) is 5.02 Å². The van der Waals surface area contributed by atoms with Gasteiger partial charge in [-0.15, -0.1) is 0 Å². The molecule has 3 aromatic carbocycles. The van der Waals surface area contributed by atoms with Crippen LogP contribution >= 0.6 is 11.6 Å². The zero-order chi connectivity index (χ0) is 24.6. The highest BCUT2D eigenvalue weighted by molar-refractivity contribution is 6.31. The van der Waals surface area contributed by atoms with Crippen molar-refractivity contribution in [2.24, 2.45) is 5.10 Å². The van der Waals surface area contributed by atoms with Crippen LogP contribution < -0.4 is 15.5 Å². The lowest BCUT2D eigenvalue weighted by atomic mass is 10.2. The number of amides is 2. The van der Waals surface area contributed by atoms with Gasteiger partial charge in [0.1, 0.15) is 18.8 Å². The average Bonchev–Trinajstić information content (AvgIpc) is 2.79. The predicted molar refractivity (Wildman–Crippen MR) is 123 cm³/mol. The second kappa shape index (κ2) is 11.3. The number of hydrazone groups is 1. The molecule has 0 atom stereocenters. The van der Waals surface area contributed by atoms with Gasteiger partial charge in [-0.1, -0.05) is 35.9 Å². The van der Waals surface area contributed by atoms with E-state index in [4.69, 9.17) is 16.3 Å². The summed E-state index contributed by atoms with van der Waals surface area (Å²) in [5, 5.41) is 6.64. The molecular weight excluding hydrogens is 471 g/mol. The largest absolute Gasteiger partial charge is 0.489 e. The number of carbonyl (C=O) groups excluding carboxylic acids is 2. The second-order valence-corrected chi connectivity index (χ2v) is 7.45. The van der Waals surface area contributed by atoms with Gasteiger partial charge in [-0.3, -0.25) is 9.59 Å². The maximum absolute atomic E-state index is 12.7. The Morgan fingerprint density at radius 1 is 0.971 bits per heavy atom. The smallest absolute Gasteiger partial charge is 0.416 e. The first kappa shape index (κ1) is 24.8. The van der Waals surface area contributed by atoms with Crippen LogP contribution in [-0.4, -0.2) is 18.0 Å². The topological polar surface area (TPSA) is 79.8 Å². The van der Waals surface area contributed by atoms with E-state index in [-0.39, 0.29) is 5.69 Å². The van der Waals surface area contributed by atoms with E-state index in [2.05, 4.69) is 15.8 Å². The van der Waals surface area contributed by atoms with Gasteiger partial charge in [0.15, 0.2) is 0 Å². The van der Waals surface area contributed by atoms with Crippen LogP contribution in [0.1, 0.15) is 23.1 Å². The van der Waals surface area contributed by atoms with Crippen molar-refractivity contribution in [3.63, 3.8) is 0 Å². The van der Waals surface area contributed by atoms with Crippen LogP contribution in [-0.2, 0) is 22.4 Å². The van der Waals surface area contributed by atoms with E-state index in [0.29, 0.717) is 22.9 Å². The van der Waals surface area contributed by atoms with Gasteiger partial charge in [0.05, 0.1) is 11.8 Å². The Hall–Kier alpha value is -3.85. The molecule has 3 aromatic rings. The van der Waals surface area contributed by atoms with Crippen molar-refractivity contribution in [1.29, 1.82) is 0 Å². The summed E-state index contributed by atoms with van der Waals surface area (Å²) in [7, 11) is 0. The summed E-state index contributed by atoms with van der Waals surface area (Å²) >= 11 is 6.10. The molecule has 0 radical (unpaired) electrons. The number of carbonyl (C=O) groups is 2. The average molecular weight is 490 g/mol. The van der Waals surface area contributed by atoms with Crippen LogP contribution in [0, 0.1) is 0 Å². The molecule has 176 valence electrons. The van der Waals surface area contributed by atoms with Gasteiger partial charge in [0.25, 0.3) is 0 Å². The first-order valence-corrected chi connectivity index (χ1v) is 10.3. The lowest BCUT2D eigenvalue weighted by Crippen LogP contribution is -2.24. The molecule has 0 bridgehead atoms. The molecular formula is C24H19ClF3N3O3. The molecule has 0 heterocycles. The van der Waals surface area contributed by atoms with Crippen molar-refractivity contribution in [2.75, 3.05) is 5.32 Å². The summed E-state index contributed by atoms with van der Waals surface area (Å²) in [5.74, 6) is -0.875. The second-order valence-electron chi connectivity index (χ2n) is 7.05. The molecule has 0 aliphatic heterocycles. The third-order valence-electron chi connectivity index (χ3n) is 4.43. The number of anilines is 1. The van der Waals surface area contributed by atoms with Gasteiger partial charge >= 0.3 is 6.18 Å². The van der Waals surface area contributed by atoms with E-state index < -0.39 is 30.0 Å². The van der Waals surface area contributed by atoms with E-state index in [9.17, 15) is 22.8 Å². The number of hydrogen-bond acceptors (Lipinski definition) is 4. The van der Waals surface area contributed by atoms with Crippen molar-refractivity contribution in [1.82, 2.24) is 5.43 Å². The molecule has 0 aromatic heterocycles. The Morgan fingerprint density at radius 2 is 1.71 bits per heavy atom. The minimum atomic E-state index is -4.53. The molecule has 0 unspecified atom stereocenters. The number of nitrogens with zero attached hydrogens (tertiary/aromatic N) is 1. The Bertz CT molecular complexity index is 1180. The number of hydrogen-bond donors (Lipinski definition) is 2. The molecule has 0 saturated carbocycles. The van der Waals surface area contributed by atoms with Crippen molar-refractivity contribution in [2.45, 2.75) is 19.2 Å². The number of nitrogens with one attached hydrogen (secondary N) is 2. The van der Waals surface area contributed by atoms with E-state index in [0.717, 1.165) is 23.8 Å². The maximum Gasteiger partial charge on any atom is 0.416 e. The summed E-state index contributed by atoms with van der Waals surface area (Å²) in [6, 6.07) is 18.4. The van der Waals surface area contributed by atoms with Crippen molar-refractivity contribution >= 4 is 35.3 Å². The van der Waals surface area contributed by atoms with Crippen LogP contribution in [0.5, 0.6) is 5.75 Å². The first-order valence-electron chi connectivity index (χ1n) is 9.96. The lowest BCUT2D eigenvalue weighted by Gasteiger charge is -2.09. The van der Waals surface area contributed by atoms with Crippen molar-refractivity contribution in [3.05, 3.63) is 94.5 Å². The quantitative estimate of drug-likeness (QED) is 0.252. The summed E-state index contributed by atoms with van der Waals surface area (Å²) in [5.41, 5.74) is 2.75. The van der Waals surface area contributed by atoms with E-state index >= 15 is 0 Å². The van der Waals surface area contributed by atoms with Gasteiger partial charge in [0, 0.05) is 16.3 Å². The van der Waals surface area contributed by atoms with Crippen LogP contribution in [0.15, 0.2) is 77.9 Å². The Kier molecular flexibility index (Phi) is 8.26. The molecule has 6 nitrogen and oxygen atoms in total. The van der Waals surface area contributed by atoms with E-state index in [1.165, 1.54) is 12.3 Å². The van der Waals surface area contributed by atoms with E-state index in [1.807, 2.05) is 18.2 Å². The summed E-state index contributed by atoms with van der Waals surface area (Å²) in [4.78, 5) is 23.8. The predicted octanol–water partition coefficient (Wildman–Crippen LogP) is 5.42. The van der Waals surface area contributed by atoms with Crippen LogP contribution in [0.4, 0.5) is 18.9 Å². The van der Waals surface area contributed by atoms with Gasteiger partial charge in [-0.25, -0.2) is 5.43 Å². The molecule has 0 fully saturated rings. The fourth-order valence-corrected chi connectivity index (χ4v) is 2.96. The van der Waals surface area contributed by atoms with Crippen molar-refractivity contribution in [3.8, 4) is 5.75 Å². The van der Waals surface area contributed by atoms with Gasteiger partial charge in [-0.05, 0) is 54.1 Å². The first-order chi connectivity index (χ1) is 16.2. The number of ether oxygens (including phenoxy) is 1. The third-order valence-corrected chi connectivity index (χ3v) is 4.80. The standard InChI is InChI=1S/C24H19ClF3N3O3/c25-21-7-2-1-4-17(21)15-34-20-10-8-16(9-11-20)14-29-31-23(33)13-22(32)30-19-6-3-5-18(12-19)24(26,27)28/h1-12,14H,13,15H2,(H,30,32)(H,31,33). The molecule has 34 heavy (non-hydrogen) atoms. The number of alkyl halides is 3. The molecule has 0 saturated heterocycles. The fourth-order valence-electron chi connectivity index (χ4n) is 2.77. The Morgan fingerprint density at radius 3 is 2.41 bits per heavy atom. The molecule has 10 heteroatoms. The van der Waals surface area contributed by atoms with E-state index in [1.54, 1.807) is 30.3 Å². The number of rotatable bonds is 8. The lowest BCUT2D eigenvalue weighted by molar-refractivity contribution is -0.137. The van der Waals surface area contributed by atoms with Crippen LogP contribution in [0.3, 0.4) is 0 Å². The third kappa shape index (κ3) is 7.63. The van der Waals surface area contributed by atoms with Crippen LogP contribution in [0.25, 0.3) is 0 Å². The zero-order valence-corrected chi connectivity index (χ0v) is 18.4. The SMILES string of the molecule is O=C(CC(=O)Nc1cccc(C(F)(F)F)c1)NN=Cc1ccc(OCc2ccccc2Cl)cc1. The monoisotopic (exact) mass is 489 g/mol. The Labute approximate surface area is 198 Å². The highest BCUT2D eigenvalue weighted by Crippen LogP contribution is 2.30. The highest BCUT2D eigenvalue weighted by Gasteiger charge is 2.30. The van der Waals surface area contributed by atoms with Gasteiger partial charge in [0.2, 0.25) is 11.8 Å². The molecule has 2 amide bonds. The van der Waals surface area contributed by atoms with Gasteiger partial charge in [-0.2, -0.15) is 18.3 Å². The molecule has 0 spiro atoms. The minimum Gasteiger partial charge on any atom is -0.489 e. The molecule has 3 rings (SSSR count). The Balaban J connectivity index is 1.44. The maximum atomic E-state index is 12.7. The van der Waals surface area contributed by atoms with Crippen molar-refractivity contribution < 1.29 is 27.5 Å². The normalized spacial score (nSPS) is 11.3.